The second-order valence-corrected chi connectivity index (χ2v) is 6.78. The maximum Gasteiger partial charge on any atom is 0.223 e. The van der Waals surface area contributed by atoms with Crippen molar-refractivity contribution < 1.29 is 9.21 Å². The maximum atomic E-state index is 12.4. The van der Waals surface area contributed by atoms with Gasteiger partial charge in [0.05, 0.1) is 6.20 Å². The normalized spacial score (nSPS) is 15.4. The molecular weight excluding hydrogens is 300 g/mol. The number of hydrogen-bond acceptors (Lipinski definition) is 3. The SMILES string of the molecule is Cc1ccc(-c2cnc(CCC(=O)N(C)C3CCCCC3)o2)cc1. The lowest BCUT2D eigenvalue weighted by Crippen LogP contribution is -2.38. The number of carbonyl (C=O) groups excluding carboxylic acids is 1. The minimum atomic E-state index is 0.192. The number of benzene rings is 1. The molecule has 0 spiro atoms. The van der Waals surface area contributed by atoms with Crippen molar-refractivity contribution in [3.63, 3.8) is 0 Å². The second-order valence-electron chi connectivity index (χ2n) is 6.78. The first-order valence-electron chi connectivity index (χ1n) is 8.91. The monoisotopic (exact) mass is 326 g/mol. The average Bonchev–Trinajstić information content (AvgIpc) is 3.09. The van der Waals surface area contributed by atoms with Crippen molar-refractivity contribution in [2.24, 2.45) is 0 Å². The van der Waals surface area contributed by atoms with Gasteiger partial charge < -0.3 is 9.32 Å². The zero-order chi connectivity index (χ0) is 16.9. The van der Waals surface area contributed by atoms with Crippen molar-refractivity contribution in [2.75, 3.05) is 7.05 Å². The number of nitrogens with zero attached hydrogens (tertiary/aromatic N) is 2. The third-order valence-electron chi connectivity index (χ3n) is 4.96. The van der Waals surface area contributed by atoms with Gasteiger partial charge in [0.15, 0.2) is 11.7 Å². The lowest BCUT2D eigenvalue weighted by Gasteiger charge is -2.31. The number of rotatable bonds is 5. The fraction of sp³-hybridized carbons (Fsp3) is 0.500. The van der Waals surface area contributed by atoms with Gasteiger partial charge in [0.25, 0.3) is 0 Å². The lowest BCUT2D eigenvalue weighted by molar-refractivity contribution is -0.132. The van der Waals surface area contributed by atoms with Crippen LogP contribution in [-0.4, -0.2) is 28.9 Å². The minimum absolute atomic E-state index is 0.192. The van der Waals surface area contributed by atoms with E-state index in [1.807, 2.05) is 24.1 Å². The van der Waals surface area contributed by atoms with E-state index in [-0.39, 0.29) is 5.91 Å². The highest BCUT2D eigenvalue weighted by atomic mass is 16.4. The third kappa shape index (κ3) is 4.05. The third-order valence-corrected chi connectivity index (χ3v) is 4.96. The minimum Gasteiger partial charge on any atom is -0.441 e. The van der Waals surface area contributed by atoms with Gasteiger partial charge in [-0.3, -0.25) is 4.79 Å². The van der Waals surface area contributed by atoms with Crippen molar-refractivity contribution in [1.29, 1.82) is 0 Å². The summed E-state index contributed by atoms with van der Waals surface area (Å²) in [5.41, 5.74) is 2.24. The molecule has 1 aromatic carbocycles. The Labute approximate surface area is 143 Å². The largest absolute Gasteiger partial charge is 0.441 e. The van der Waals surface area contributed by atoms with Crippen molar-refractivity contribution in [2.45, 2.75) is 57.9 Å². The van der Waals surface area contributed by atoms with E-state index in [1.165, 1.54) is 24.8 Å². The van der Waals surface area contributed by atoms with Crippen LogP contribution in [0.2, 0.25) is 0 Å². The molecule has 3 rings (SSSR count). The molecule has 0 N–H and O–H groups in total. The molecule has 4 heteroatoms. The van der Waals surface area contributed by atoms with Crippen LogP contribution in [0, 0.1) is 6.92 Å². The molecule has 4 nitrogen and oxygen atoms in total. The Balaban J connectivity index is 1.55. The molecule has 0 aliphatic heterocycles. The highest BCUT2D eigenvalue weighted by Crippen LogP contribution is 2.23. The molecule has 1 heterocycles. The maximum absolute atomic E-state index is 12.4. The molecule has 0 saturated heterocycles. The van der Waals surface area contributed by atoms with E-state index < -0.39 is 0 Å². The quantitative estimate of drug-likeness (QED) is 0.819. The van der Waals surface area contributed by atoms with Crippen molar-refractivity contribution in [3.8, 4) is 11.3 Å². The van der Waals surface area contributed by atoms with E-state index in [0.717, 1.165) is 24.2 Å². The van der Waals surface area contributed by atoms with Gasteiger partial charge in [-0.05, 0) is 19.8 Å². The van der Waals surface area contributed by atoms with Gasteiger partial charge in [0.2, 0.25) is 5.91 Å². The summed E-state index contributed by atoms with van der Waals surface area (Å²) in [4.78, 5) is 18.6. The van der Waals surface area contributed by atoms with Crippen molar-refractivity contribution in [3.05, 3.63) is 41.9 Å². The molecule has 1 amide bonds. The van der Waals surface area contributed by atoms with Crippen LogP contribution in [0.25, 0.3) is 11.3 Å². The second kappa shape index (κ2) is 7.65. The van der Waals surface area contributed by atoms with E-state index in [4.69, 9.17) is 4.42 Å². The fourth-order valence-electron chi connectivity index (χ4n) is 3.34. The molecule has 0 unspecified atom stereocenters. The topological polar surface area (TPSA) is 46.3 Å². The summed E-state index contributed by atoms with van der Waals surface area (Å²) in [6, 6.07) is 8.59. The molecule has 2 aromatic rings. The zero-order valence-electron chi connectivity index (χ0n) is 14.6. The average molecular weight is 326 g/mol. The van der Waals surface area contributed by atoms with Gasteiger partial charge in [-0.2, -0.15) is 0 Å². The van der Waals surface area contributed by atoms with Crippen LogP contribution in [0.15, 0.2) is 34.9 Å². The molecular formula is C20H26N2O2. The van der Waals surface area contributed by atoms with Gasteiger partial charge in [0.1, 0.15) is 0 Å². The Morgan fingerprint density at radius 1 is 1.21 bits per heavy atom. The molecule has 1 aliphatic carbocycles. The van der Waals surface area contributed by atoms with Gasteiger partial charge in [-0.1, -0.05) is 49.1 Å². The number of aromatic nitrogens is 1. The van der Waals surface area contributed by atoms with E-state index >= 15 is 0 Å². The summed E-state index contributed by atoms with van der Waals surface area (Å²) in [5, 5.41) is 0. The van der Waals surface area contributed by atoms with E-state index in [0.29, 0.717) is 24.8 Å². The smallest absolute Gasteiger partial charge is 0.223 e. The Morgan fingerprint density at radius 3 is 2.62 bits per heavy atom. The summed E-state index contributed by atoms with van der Waals surface area (Å²) in [6.45, 7) is 2.06. The van der Waals surface area contributed by atoms with E-state index in [2.05, 4.69) is 24.0 Å². The van der Waals surface area contributed by atoms with Crippen molar-refractivity contribution in [1.82, 2.24) is 9.88 Å². The first kappa shape index (κ1) is 16.7. The summed E-state index contributed by atoms with van der Waals surface area (Å²) in [7, 11) is 1.94. The first-order chi connectivity index (χ1) is 11.6. The molecule has 1 fully saturated rings. The molecule has 24 heavy (non-hydrogen) atoms. The number of aryl methyl sites for hydroxylation is 2. The van der Waals surface area contributed by atoms with Crippen LogP contribution < -0.4 is 0 Å². The molecule has 1 aliphatic rings. The van der Waals surface area contributed by atoms with Crippen LogP contribution in [0.4, 0.5) is 0 Å². The van der Waals surface area contributed by atoms with Gasteiger partial charge >= 0.3 is 0 Å². The summed E-state index contributed by atoms with van der Waals surface area (Å²) >= 11 is 0. The van der Waals surface area contributed by atoms with Crippen LogP contribution in [0.5, 0.6) is 0 Å². The predicted octanol–water partition coefficient (Wildman–Crippen LogP) is 4.37. The highest BCUT2D eigenvalue weighted by molar-refractivity contribution is 5.76. The van der Waals surface area contributed by atoms with E-state index in [1.54, 1.807) is 6.20 Å². The van der Waals surface area contributed by atoms with Gasteiger partial charge in [-0.15, -0.1) is 0 Å². The van der Waals surface area contributed by atoms with Gasteiger partial charge in [-0.25, -0.2) is 4.98 Å². The molecule has 0 atom stereocenters. The zero-order valence-corrected chi connectivity index (χ0v) is 14.6. The van der Waals surface area contributed by atoms with Crippen LogP contribution in [0.1, 0.15) is 50.0 Å². The summed E-state index contributed by atoms with van der Waals surface area (Å²) in [5.74, 6) is 1.59. The first-order valence-corrected chi connectivity index (χ1v) is 8.91. The highest BCUT2D eigenvalue weighted by Gasteiger charge is 2.22. The van der Waals surface area contributed by atoms with Gasteiger partial charge in [0, 0.05) is 31.5 Å². The molecule has 1 saturated carbocycles. The number of hydrogen-bond donors (Lipinski definition) is 0. The summed E-state index contributed by atoms with van der Waals surface area (Å²) in [6.07, 6.45) is 8.82. The molecule has 0 bridgehead atoms. The molecule has 0 radical (unpaired) electrons. The Hall–Kier alpha value is -2.10. The molecule has 1 aromatic heterocycles. The van der Waals surface area contributed by atoms with Crippen LogP contribution in [-0.2, 0) is 11.2 Å². The number of amides is 1. The fourth-order valence-corrected chi connectivity index (χ4v) is 3.34. The van der Waals surface area contributed by atoms with Crippen molar-refractivity contribution >= 4 is 5.91 Å². The number of carbonyl (C=O) groups is 1. The Morgan fingerprint density at radius 2 is 1.92 bits per heavy atom. The van der Waals surface area contributed by atoms with Crippen LogP contribution >= 0.6 is 0 Å². The Bertz CT molecular complexity index is 669. The Kier molecular flexibility index (Phi) is 5.34. The molecule has 128 valence electrons. The van der Waals surface area contributed by atoms with Crippen LogP contribution in [0.3, 0.4) is 0 Å². The number of oxazole rings is 1. The summed E-state index contributed by atoms with van der Waals surface area (Å²) < 4.78 is 5.80. The lowest BCUT2D eigenvalue weighted by atomic mass is 9.94. The predicted molar refractivity (Wildman–Crippen MR) is 94.6 cm³/mol. The standard InChI is InChI=1S/C20H26N2O2/c1-15-8-10-16(11-9-15)18-14-21-19(24-18)12-13-20(23)22(2)17-6-4-3-5-7-17/h8-11,14,17H,3-7,12-13H2,1-2H3. The van der Waals surface area contributed by atoms with E-state index in [9.17, 15) is 4.79 Å².